The van der Waals surface area contributed by atoms with E-state index in [2.05, 4.69) is 9.97 Å². The number of hydrogen-bond donors (Lipinski definition) is 0. The molecule has 29 heavy (non-hydrogen) atoms. The van der Waals surface area contributed by atoms with Crippen molar-refractivity contribution in [2.75, 3.05) is 0 Å². The third-order valence-electron chi connectivity index (χ3n) is 4.62. The normalized spacial score (nSPS) is 10.9. The molecule has 0 spiro atoms. The first kappa shape index (κ1) is 17.3. The van der Waals surface area contributed by atoms with Gasteiger partial charge in [0.25, 0.3) is 5.56 Å². The fourth-order valence-corrected chi connectivity index (χ4v) is 4.13. The summed E-state index contributed by atoms with van der Waals surface area (Å²) in [5.74, 6) is 0.643. The van der Waals surface area contributed by atoms with E-state index in [1.165, 1.54) is 17.7 Å². The standard InChI is InChI=1S/C23H15N3O2S/c27-23-19(18-9-11-29-22(18)21-13-24-15-28-21)12-16(20-8-4-5-10-25-20)14-26(23)17-6-2-1-3-7-17/h1-15H. The molecule has 0 unspecified atom stereocenters. The topological polar surface area (TPSA) is 60.9 Å². The van der Waals surface area contributed by atoms with Crippen LogP contribution in [0, 0.1) is 0 Å². The summed E-state index contributed by atoms with van der Waals surface area (Å²) < 4.78 is 7.16. The Bertz CT molecular complexity index is 1310. The highest BCUT2D eigenvalue weighted by atomic mass is 32.1. The van der Waals surface area contributed by atoms with Crippen LogP contribution < -0.4 is 5.56 Å². The van der Waals surface area contributed by atoms with E-state index in [0.717, 1.165) is 27.4 Å². The van der Waals surface area contributed by atoms with Gasteiger partial charge in [-0.3, -0.25) is 14.3 Å². The third kappa shape index (κ3) is 3.19. The van der Waals surface area contributed by atoms with E-state index in [1.54, 1.807) is 17.0 Å². The second-order valence-corrected chi connectivity index (χ2v) is 7.31. The lowest BCUT2D eigenvalue weighted by Crippen LogP contribution is -2.20. The highest BCUT2D eigenvalue weighted by Crippen LogP contribution is 2.36. The average Bonchev–Trinajstić information content (AvgIpc) is 3.47. The first-order valence-corrected chi connectivity index (χ1v) is 9.89. The molecule has 0 aliphatic heterocycles. The quantitative estimate of drug-likeness (QED) is 0.414. The molecule has 0 fully saturated rings. The summed E-state index contributed by atoms with van der Waals surface area (Å²) >= 11 is 1.52. The molecule has 0 bridgehead atoms. The Morgan fingerprint density at radius 2 is 1.83 bits per heavy atom. The van der Waals surface area contributed by atoms with E-state index in [-0.39, 0.29) is 5.56 Å². The maximum Gasteiger partial charge on any atom is 0.263 e. The maximum absolute atomic E-state index is 13.5. The molecular weight excluding hydrogens is 382 g/mol. The predicted octanol–water partition coefficient (Wildman–Crippen LogP) is 5.28. The van der Waals surface area contributed by atoms with Crippen LogP contribution in [0.4, 0.5) is 0 Å². The number of rotatable bonds is 4. The molecule has 0 N–H and O–H groups in total. The van der Waals surface area contributed by atoms with Crippen LogP contribution in [0.1, 0.15) is 0 Å². The van der Waals surface area contributed by atoms with Gasteiger partial charge in [0.15, 0.2) is 12.2 Å². The zero-order valence-corrected chi connectivity index (χ0v) is 16.0. The Hall–Kier alpha value is -3.77. The van der Waals surface area contributed by atoms with Gasteiger partial charge in [0, 0.05) is 34.8 Å². The van der Waals surface area contributed by atoms with Crippen LogP contribution in [0.2, 0.25) is 0 Å². The van der Waals surface area contributed by atoms with Gasteiger partial charge in [-0.15, -0.1) is 11.3 Å². The Morgan fingerprint density at radius 1 is 0.966 bits per heavy atom. The molecule has 5 aromatic rings. The van der Waals surface area contributed by atoms with Gasteiger partial charge in [0.2, 0.25) is 0 Å². The van der Waals surface area contributed by atoms with Crippen molar-refractivity contribution in [1.82, 2.24) is 14.5 Å². The van der Waals surface area contributed by atoms with Crippen LogP contribution in [-0.2, 0) is 0 Å². The second kappa shape index (κ2) is 7.33. The Kier molecular flexibility index (Phi) is 4.38. The van der Waals surface area contributed by atoms with Gasteiger partial charge in [-0.1, -0.05) is 24.3 Å². The number of thiophene rings is 1. The summed E-state index contributed by atoms with van der Waals surface area (Å²) in [4.78, 5) is 22.8. The number of benzene rings is 1. The van der Waals surface area contributed by atoms with Crippen molar-refractivity contribution in [1.29, 1.82) is 0 Å². The molecular formula is C23H15N3O2S. The summed E-state index contributed by atoms with van der Waals surface area (Å²) in [6, 6.07) is 19.2. The second-order valence-electron chi connectivity index (χ2n) is 6.40. The van der Waals surface area contributed by atoms with Crippen LogP contribution in [-0.4, -0.2) is 14.5 Å². The van der Waals surface area contributed by atoms with Crippen molar-refractivity contribution in [3.63, 3.8) is 0 Å². The number of pyridine rings is 2. The predicted molar refractivity (Wildman–Crippen MR) is 114 cm³/mol. The Morgan fingerprint density at radius 3 is 2.59 bits per heavy atom. The molecule has 0 radical (unpaired) electrons. The van der Waals surface area contributed by atoms with Gasteiger partial charge in [0.05, 0.1) is 16.8 Å². The van der Waals surface area contributed by atoms with Crippen molar-refractivity contribution in [2.24, 2.45) is 0 Å². The zero-order valence-electron chi connectivity index (χ0n) is 15.2. The van der Waals surface area contributed by atoms with Gasteiger partial charge >= 0.3 is 0 Å². The van der Waals surface area contributed by atoms with E-state index in [4.69, 9.17) is 4.42 Å². The maximum atomic E-state index is 13.5. The largest absolute Gasteiger partial charge is 0.443 e. The smallest absolute Gasteiger partial charge is 0.263 e. The van der Waals surface area contributed by atoms with E-state index in [0.29, 0.717) is 11.3 Å². The molecule has 0 saturated heterocycles. The lowest BCUT2D eigenvalue weighted by atomic mass is 10.0. The van der Waals surface area contributed by atoms with Crippen molar-refractivity contribution in [3.05, 3.63) is 101 Å². The summed E-state index contributed by atoms with van der Waals surface area (Å²) in [5, 5.41) is 1.95. The van der Waals surface area contributed by atoms with E-state index in [1.807, 2.05) is 72.2 Å². The van der Waals surface area contributed by atoms with Crippen LogP contribution in [0.5, 0.6) is 0 Å². The fourth-order valence-electron chi connectivity index (χ4n) is 3.27. The summed E-state index contributed by atoms with van der Waals surface area (Å²) in [6.07, 6.45) is 6.64. The molecule has 5 rings (SSSR count). The summed E-state index contributed by atoms with van der Waals surface area (Å²) in [6.45, 7) is 0. The SMILES string of the molecule is O=c1c(-c2ccsc2-c2cnco2)cc(-c2ccccn2)cn1-c1ccccc1. The minimum Gasteiger partial charge on any atom is -0.443 e. The van der Waals surface area contributed by atoms with Crippen LogP contribution in [0.25, 0.3) is 38.7 Å². The van der Waals surface area contributed by atoms with Crippen molar-refractivity contribution < 1.29 is 4.42 Å². The van der Waals surface area contributed by atoms with E-state index >= 15 is 0 Å². The molecule has 140 valence electrons. The lowest BCUT2D eigenvalue weighted by molar-refractivity contribution is 0.573. The molecule has 4 heterocycles. The van der Waals surface area contributed by atoms with Gasteiger partial charge in [-0.25, -0.2) is 4.98 Å². The number of nitrogens with zero attached hydrogens (tertiary/aromatic N) is 3. The average molecular weight is 397 g/mol. The minimum atomic E-state index is -0.102. The Balaban J connectivity index is 1.78. The van der Waals surface area contributed by atoms with E-state index < -0.39 is 0 Å². The first-order chi connectivity index (χ1) is 14.3. The fraction of sp³-hybridized carbons (Fsp3) is 0. The molecule has 0 saturated carbocycles. The van der Waals surface area contributed by atoms with Crippen molar-refractivity contribution in [3.8, 4) is 38.7 Å². The molecule has 1 aromatic carbocycles. The molecule has 0 aliphatic rings. The van der Waals surface area contributed by atoms with Gasteiger partial charge in [0.1, 0.15) is 0 Å². The number of aromatic nitrogens is 3. The van der Waals surface area contributed by atoms with Crippen molar-refractivity contribution in [2.45, 2.75) is 0 Å². The zero-order chi connectivity index (χ0) is 19.6. The monoisotopic (exact) mass is 397 g/mol. The van der Waals surface area contributed by atoms with Gasteiger partial charge in [-0.05, 0) is 41.8 Å². The molecule has 0 atom stereocenters. The summed E-state index contributed by atoms with van der Waals surface area (Å²) in [7, 11) is 0. The lowest BCUT2D eigenvalue weighted by Gasteiger charge is -2.12. The van der Waals surface area contributed by atoms with Crippen LogP contribution in [0.15, 0.2) is 100 Å². The highest BCUT2D eigenvalue weighted by molar-refractivity contribution is 7.14. The number of hydrogen-bond acceptors (Lipinski definition) is 5. The molecule has 0 aliphatic carbocycles. The van der Waals surface area contributed by atoms with Crippen LogP contribution >= 0.6 is 11.3 Å². The molecule has 4 aromatic heterocycles. The highest BCUT2D eigenvalue weighted by Gasteiger charge is 2.18. The Labute approximate surface area is 170 Å². The third-order valence-corrected chi connectivity index (χ3v) is 5.55. The van der Waals surface area contributed by atoms with Gasteiger partial charge in [-0.2, -0.15) is 0 Å². The molecule has 5 nitrogen and oxygen atoms in total. The number of oxazole rings is 1. The van der Waals surface area contributed by atoms with Crippen molar-refractivity contribution >= 4 is 11.3 Å². The van der Waals surface area contributed by atoms with Gasteiger partial charge < -0.3 is 4.42 Å². The van der Waals surface area contributed by atoms with E-state index in [9.17, 15) is 4.79 Å². The minimum absolute atomic E-state index is 0.102. The first-order valence-electron chi connectivity index (χ1n) is 9.01. The summed E-state index contributed by atoms with van der Waals surface area (Å²) in [5.41, 5.74) is 3.76. The van der Waals surface area contributed by atoms with Crippen LogP contribution in [0.3, 0.4) is 0 Å². The molecule has 0 amide bonds. The molecule has 6 heteroatoms. The number of para-hydroxylation sites is 1.